The predicted molar refractivity (Wildman–Crippen MR) is 85.3 cm³/mol. The summed E-state index contributed by atoms with van der Waals surface area (Å²) in [5.74, 6) is 0.213. The highest BCUT2D eigenvalue weighted by Crippen LogP contribution is 2.22. The lowest BCUT2D eigenvalue weighted by atomic mass is 10.1. The zero-order chi connectivity index (χ0) is 16.4. The van der Waals surface area contributed by atoms with Crippen LogP contribution in [0.1, 0.15) is 19.4 Å². The Kier molecular flexibility index (Phi) is 8.71. The first-order chi connectivity index (χ1) is 10.0. The summed E-state index contributed by atoms with van der Waals surface area (Å²) in [5.41, 5.74) is 1.15. The molecule has 118 valence electrons. The lowest BCUT2D eigenvalue weighted by Crippen LogP contribution is -2.30. The lowest BCUT2D eigenvalue weighted by molar-refractivity contribution is -0.384. The van der Waals surface area contributed by atoms with Crippen LogP contribution >= 0.6 is 0 Å². The van der Waals surface area contributed by atoms with E-state index in [9.17, 15) is 10.1 Å². The highest BCUT2D eigenvalue weighted by Gasteiger charge is 2.16. The van der Waals surface area contributed by atoms with E-state index >= 15 is 0 Å². The van der Waals surface area contributed by atoms with E-state index in [1.165, 1.54) is 12.1 Å². The number of nitrogens with zero attached hydrogens (tertiary/aromatic N) is 2. The number of amidine groups is 1. The molecule has 0 aliphatic heterocycles. The molecule has 0 saturated carbocycles. The van der Waals surface area contributed by atoms with E-state index in [1.54, 1.807) is 32.2 Å². The van der Waals surface area contributed by atoms with Crippen molar-refractivity contribution in [1.29, 1.82) is 5.41 Å². The van der Waals surface area contributed by atoms with Crippen molar-refractivity contribution in [1.82, 2.24) is 4.90 Å². The Morgan fingerprint density at radius 1 is 1.48 bits per heavy atom. The van der Waals surface area contributed by atoms with Gasteiger partial charge in [0.25, 0.3) is 5.69 Å². The van der Waals surface area contributed by atoms with Crippen molar-refractivity contribution in [2.24, 2.45) is 0 Å². The van der Waals surface area contributed by atoms with Crippen LogP contribution in [0.5, 0.6) is 0 Å². The van der Waals surface area contributed by atoms with E-state index in [-0.39, 0.29) is 11.5 Å². The number of benzene rings is 1. The Hall–Kier alpha value is -2.15. The average Bonchev–Trinajstić information content (AvgIpc) is 2.52. The second-order valence-corrected chi connectivity index (χ2v) is 4.00. The number of ether oxygens (including phenoxy) is 1. The maximum Gasteiger partial charge on any atom is 0.270 e. The summed E-state index contributed by atoms with van der Waals surface area (Å²) in [4.78, 5) is 12.0. The van der Waals surface area contributed by atoms with E-state index in [4.69, 9.17) is 10.1 Å². The molecule has 0 atom stereocenters. The Balaban J connectivity index is 0.00000191. The number of nitrogens with one attached hydrogen (secondary N) is 2. The molecule has 2 N–H and O–H groups in total. The first kappa shape index (κ1) is 18.9. The van der Waals surface area contributed by atoms with E-state index in [2.05, 4.69) is 5.32 Å². The van der Waals surface area contributed by atoms with Crippen LogP contribution in [0.15, 0.2) is 18.2 Å². The van der Waals surface area contributed by atoms with Crippen molar-refractivity contribution in [3.8, 4) is 0 Å². The van der Waals surface area contributed by atoms with E-state index in [1.807, 2.05) is 13.8 Å². The van der Waals surface area contributed by atoms with Gasteiger partial charge in [0.15, 0.2) is 0 Å². The fraction of sp³-hybridized carbons (Fsp3) is 0.500. The summed E-state index contributed by atoms with van der Waals surface area (Å²) in [7, 11) is 5.05. The van der Waals surface area contributed by atoms with Crippen LogP contribution in [-0.2, 0) is 4.74 Å². The molecular formula is C14H24N4O3. The largest absolute Gasteiger partial charge is 0.388 e. The quantitative estimate of drug-likeness (QED) is 0.364. The second kappa shape index (κ2) is 9.71. The third-order valence-corrected chi connectivity index (χ3v) is 2.75. The van der Waals surface area contributed by atoms with Crippen LogP contribution in [0, 0.1) is 15.5 Å². The molecule has 0 amide bonds. The first-order valence-electron chi connectivity index (χ1n) is 6.76. The molecule has 0 bridgehead atoms. The number of methoxy groups -OCH3 is 1. The fourth-order valence-electron chi connectivity index (χ4n) is 1.61. The standard InChI is InChI=1S/C12H18N4O3.C2H6/c1-14-11-5-4-9(16(17)18)8-10(11)12(13)15(2)6-7-19-3;1-2/h4-5,8,13-14H,6-7H2,1-3H3;1-2H3. The minimum absolute atomic E-state index is 0.0288. The molecule has 1 rings (SSSR count). The molecule has 0 fully saturated rings. The Morgan fingerprint density at radius 3 is 2.57 bits per heavy atom. The van der Waals surface area contributed by atoms with Gasteiger partial charge in [0, 0.05) is 51.1 Å². The van der Waals surface area contributed by atoms with Gasteiger partial charge in [-0.15, -0.1) is 0 Å². The van der Waals surface area contributed by atoms with Gasteiger partial charge in [-0.2, -0.15) is 0 Å². The maximum absolute atomic E-state index is 10.8. The number of rotatable bonds is 6. The van der Waals surface area contributed by atoms with Crippen molar-refractivity contribution < 1.29 is 9.66 Å². The molecule has 0 heterocycles. The maximum atomic E-state index is 10.8. The zero-order valence-corrected chi connectivity index (χ0v) is 13.3. The van der Waals surface area contributed by atoms with Gasteiger partial charge in [-0.25, -0.2) is 0 Å². The van der Waals surface area contributed by atoms with Crippen molar-refractivity contribution in [2.45, 2.75) is 13.8 Å². The normalized spacial score (nSPS) is 9.38. The van der Waals surface area contributed by atoms with Gasteiger partial charge in [-0.1, -0.05) is 13.8 Å². The minimum Gasteiger partial charge on any atom is -0.388 e. The third-order valence-electron chi connectivity index (χ3n) is 2.75. The van der Waals surface area contributed by atoms with Crippen LogP contribution in [0.25, 0.3) is 0 Å². The Labute approximate surface area is 125 Å². The second-order valence-electron chi connectivity index (χ2n) is 4.00. The molecular weight excluding hydrogens is 272 g/mol. The average molecular weight is 296 g/mol. The number of nitro groups is 1. The van der Waals surface area contributed by atoms with E-state index < -0.39 is 4.92 Å². The molecule has 0 unspecified atom stereocenters. The zero-order valence-electron chi connectivity index (χ0n) is 13.3. The number of likely N-dealkylation sites (N-methyl/N-ethyl adjacent to an activating group) is 1. The summed E-state index contributed by atoms with van der Waals surface area (Å²) in [5, 5.41) is 21.8. The number of non-ortho nitro benzene ring substituents is 1. The molecule has 0 aromatic heterocycles. The third kappa shape index (κ3) is 5.39. The van der Waals surface area contributed by atoms with Crippen LogP contribution < -0.4 is 5.32 Å². The van der Waals surface area contributed by atoms with Crippen LogP contribution in [0.2, 0.25) is 0 Å². The molecule has 7 heteroatoms. The monoisotopic (exact) mass is 296 g/mol. The Morgan fingerprint density at radius 2 is 2.10 bits per heavy atom. The Bertz CT molecular complexity index is 477. The summed E-state index contributed by atoms with van der Waals surface area (Å²) < 4.78 is 4.95. The molecule has 0 aliphatic carbocycles. The van der Waals surface area contributed by atoms with Gasteiger partial charge < -0.3 is 15.0 Å². The van der Waals surface area contributed by atoms with Gasteiger partial charge in [0.05, 0.1) is 11.5 Å². The van der Waals surface area contributed by atoms with Crippen LogP contribution in [0.4, 0.5) is 11.4 Å². The topological polar surface area (TPSA) is 91.5 Å². The smallest absolute Gasteiger partial charge is 0.270 e. The molecule has 1 aromatic carbocycles. The lowest BCUT2D eigenvalue weighted by Gasteiger charge is -2.21. The molecule has 0 radical (unpaired) electrons. The van der Waals surface area contributed by atoms with Gasteiger partial charge >= 0.3 is 0 Å². The van der Waals surface area contributed by atoms with E-state index in [0.717, 1.165) is 0 Å². The SMILES string of the molecule is CC.CNc1ccc([N+](=O)[O-])cc1C(=N)N(C)CCOC. The highest BCUT2D eigenvalue weighted by atomic mass is 16.6. The van der Waals surface area contributed by atoms with Gasteiger partial charge in [-0.3, -0.25) is 15.5 Å². The van der Waals surface area contributed by atoms with Crippen molar-refractivity contribution in [3.05, 3.63) is 33.9 Å². The van der Waals surface area contributed by atoms with Crippen molar-refractivity contribution in [2.75, 3.05) is 39.7 Å². The predicted octanol–water partition coefficient (Wildman–Crippen LogP) is 2.57. The number of hydrogen-bond donors (Lipinski definition) is 2. The number of nitro benzene ring substituents is 1. The first-order valence-corrected chi connectivity index (χ1v) is 6.76. The van der Waals surface area contributed by atoms with Crippen LogP contribution in [-0.4, -0.2) is 50.0 Å². The molecule has 0 aliphatic rings. The molecule has 0 spiro atoms. The van der Waals surface area contributed by atoms with Gasteiger partial charge in [-0.05, 0) is 6.07 Å². The summed E-state index contributed by atoms with van der Waals surface area (Å²) in [6, 6.07) is 4.42. The van der Waals surface area contributed by atoms with Gasteiger partial charge in [0.1, 0.15) is 5.84 Å². The molecule has 7 nitrogen and oxygen atoms in total. The molecule has 21 heavy (non-hydrogen) atoms. The fourth-order valence-corrected chi connectivity index (χ4v) is 1.61. The van der Waals surface area contributed by atoms with Crippen molar-refractivity contribution in [3.63, 3.8) is 0 Å². The highest BCUT2D eigenvalue weighted by molar-refractivity contribution is 6.01. The van der Waals surface area contributed by atoms with Gasteiger partial charge in [0.2, 0.25) is 0 Å². The number of anilines is 1. The molecule has 0 saturated heterocycles. The summed E-state index contributed by atoms with van der Waals surface area (Å²) in [6.07, 6.45) is 0. The van der Waals surface area contributed by atoms with E-state index in [0.29, 0.717) is 24.4 Å². The van der Waals surface area contributed by atoms with Crippen LogP contribution in [0.3, 0.4) is 0 Å². The minimum atomic E-state index is -0.467. The number of hydrogen-bond acceptors (Lipinski definition) is 5. The van der Waals surface area contributed by atoms with Crippen molar-refractivity contribution >= 4 is 17.2 Å². The summed E-state index contributed by atoms with van der Waals surface area (Å²) in [6.45, 7) is 5.03. The summed E-state index contributed by atoms with van der Waals surface area (Å²) >= 11 is 0. The molecule has 1 aromatic rings.